The number of aromatic carboxylic acids is 1. The number of azo groups is 1. The molecular weight excluding hydrogens is 560 g/mol. The molecule has 0 spiro atoms. The summed E-state index contributed by atoms with van der Waals surface area (Å²) in [7, 11) is -9.13. The minimum Gasteiger partial charge on any atom is -0.493 e. The van der Waals surface area contributed by atoms with E-state index < -0.39 is 71.3 Å². The molecule has 17 heteroatoms. The van der Waals surface area contributed by atoms with Gasteiger partial charge in [0.2, 0.25) is 5.88 Å². The summed E-state index contributed by atoms with van der Waals surface area (Å²) >= 11 is 0. The number of aromatic amines is 1. The maximum absolute atomic E-state index is 12.9. The molecule has 1 heterocycles. The molecule has 15 nitrogen and oxygen atoms in total. The Morgan fingerprint density at radius 2 is 1.51 bits per heavy atom. The average molecular weight is 581 g/mol. The molecule has 1 aromatic heterocycles. The van der Waals surface area contributed by atoms with E-state index in [0.717, 1.165) is 24.3 Å². The number of carbonyl (C=O) groups excluding carboxylic acids is 1. The smallest absolute Gasteiger partial charge is 0.338 e. The number of H-pyrrole nitrogens is 1. The van der Waals surface area contributed by atoms with E-state index in [1.807, 2.05) is 4.98 Å². The van der Waals surface area contributed by atoms with Gasteiger partial charge in [-0.05, 0) is 49.7 Å². The van der Waals surface area contributed by atoms with Crippen molar-refractivity contribution in [3.63, 3.8) is 0 Å². The fourth-order valence-electron chi connectivity index (χ4n) is 3.41. The first-order valence-corrected chi connectivity index (χ1v) is 13.5. The molecule has 0 aliphatic rings. The number of carbonyl (C=O) groups is 2. The van der Waals surface area contributed by atoms with Crippen LogP contribution in [0.1, 0.15) is 44.8 Å². The molecule has 2 aromatic carbocycles. The molecule has 206 valence electrons. The van der Waals surface area contributed by atoms with E-state index in [1.165, 1.54) is 26.0 Å². The molecule has 1 atom stereocenters. The van der Waals surface area contributed by atoms with Crippen LogP contribution in [-0.4, -0.2) is 53.0 Å². The van der Waals surface area contributed by atoms with Crippen LogP contribution in [0.2, 0.25) is 0 Å². The zero-order chi connectivity index (χ0) is 29.3. The quantitative estimate of drug-likeness (QED) is 0.167. The predicted octanol–water partition coefficient (Wildman–Crippen LogP) is 2.49. The number of aromatic nitrogens is 1. The molecular formula is C22H20N4O11S2. The normalized spacial score (nSPS) is 12.8. The van der Waals surface area contributed by atoms with E-state index in [2.05, 4.69) is 15.5 Å². The van der Waals surface area contributed by atoms with Crippen molar-refractivity contribution in [3.05, 3.63) is 75.1 Å². The van der Waals surface area contributed by atoms with E-state index in [-0.39, 0.29) is 16.1 Å². The van der Waals surface area contributed by atoms with Crippen LogP contribution in [0.4, 0.5) is 11.4 Å². The van der Waals surface area contributed by atoms with Gasteiger partial charge in [-0.3, -0.25) is 23.7 Å². The van der Waals surface area contributed by atoms with Crippen molar-refractivity contribution in [3.8, 4) is 5.88 Å². The second kappa shape index (κ2) is 10.7. The third-order valence-electron chi connectivity index (χ3n) is 5.42. The number of nitrogens with zero attached hydrogens (tertiary/aromatic N) is 2. The van der Waals surface area contributed by atoms with Gasteiger partial charge in [-0.15, -0.1) is 10.2 Å². The van der Waals surface area contributed by atoms with Crippen LogP contribution in [0.5, 0.6) is 5.88 Å². The molecule has 3 rings (SSSR count). The summed E-state index contributed by atoms with van der Waals surface area (Å²) in [5, 5.41) is 29.5. The molecule has 0 saturated carbocycles. The van der Waals surface area contributed by atoms with Crippen LogP contribution in [0.15, 0.2) is 67.3 Å². The van der Waals surface area contributed by atoms with Crippen LogP contribution in [0.3, 0.4) is 0 Å². The van der Waals surface area contributed by atoms with Crippen LogP contribution in [0.25, 0.3) is 0 Å². The van der Waals surface area contributed by atoms with Gasteiger partial charge in [0, 0.05) is 5.56 Å². The summed E-state index contributed by atoms with van der Waals surface area (Å²) in [6.45, 7) is 2.80. The Bertz CT molecular complexity index is 1780. The molecule has 0 aliphatic heterocycles. The molecule has 6 N–H and O–H groups in total. The van der Waals surface area contributed by atoms with Gasteiger partial charge >= 0.3 is 5.97 Å². The fraction of sp³-hybridized carbons (Fsp3) is 0.136. The second-order valence-corrected chi connectivity index (χ2v) is 10.9. The molecule has 0 saturated heterocycles. The van der Waals surface area contributed by atoms with Crippen LogP contribution >= 0.6 is 0 Å². The summed E-state index contributed by atoms with van der Waals surface area (Å²) in [4.78, 5) is 37.9. The number of hydrogen-bond acceptors (Lipinski definition) is 10. The monoisotopic (exact) mass is 580 g/mol. The molecule has 39 heavy (non-hydrogen) atoms. The van der Waals surface area contributed by atoms with Crippen molar-refractivity contribution in [2.45, 2.75) is 29.7 Å². The van der Waals surface area contributed by atoms with Crippen molar-refractivity contribution in [2.75, 3.05) is 0 Å². The lowest BCUT2D eigenvalue weighted by molar-refractivity contribution is 0.0697. The molecule has 0 bridgehead atoms. The standard InChI is InChI=1S/C22H20N4O11S2/c1-10-17(19(27)23-11(2)12-3-5-13(6-4-12)38(32,33)34)20(28)24-21(29)18(10)26-25-16-8-7-14(39(35,36)37)9-15(16)22(30)31/h3-9,11H,1-2H3,(H,23,27)(H,30,31)(H2,24,28,29)(H,32,33,34)(H,35,36,37)/b26-25+. The zero-order valence-corrected chi connectivity index (χ0v) is 21.6. The Balaban J connectivity index is 1.96. The van der Waals surface area contributed by atoms with Crippen LogP contribution < -0.4 is 10.9 Å². The Labute approximate surface area is 220 Å². The van der Waals surface area contributed by atoms with Gasteiger partial charge in [0.05, 0.1) is 21.4 Å². The number of nitrogens with one attached hydrogen (secondary N) is 2. The number of pyridine rings is 1. The summed E-state index contributed by atoms with van der Waals surface area (Å²) in [6, 6.07) is 6.65. The number of carboxylic acid groups (broad SMARTS) is 1. The first-order chi connectivity index (χ1) is 18.0. The molecule has 1 amide bonds. The average Bonchev–Trinajstić information content (AvgIpc) is 2.82. The van der Waals surface area contributed by atoms with Crippen molar-refractivity contribution < 1.29 is 45.7 Å². The van der Waals surface area contributed by atoms with Gasteiger partial charge in [0.25, 0.3) is 31.7 Å². The van der Waals surface area contributed by atoms with E-state index in [9.17, 15) is 41.4 Å². The van der Waals surface area contributed by atoms with Gasteiger partial charge in [-0.25, -0.2) is 4.79 Å². The molecule has 0 radical (unpaired) electrons. The summed E-state index contributed by atoms with van der Waals surface area (Å²) in [6.07, 6.45) is 0. The highest BCUT2D eigenvalue weighted by atomic mass is 32.2. The Morgan fingerprint density at radius 3 is 2.05 bits per heavy atom. The van der Waals surface area contributed by atoms with Crippen molar-refractivity contribution in [2.24, 2.45) is 10.2 Å². The van der Waals surface area contributed by atoms with Gasteiger partial charge < -0.3 is 15.5 Å². The number of hydrogen-bond donors (Lipinski definition) is 6. The lowest BCUT2D eigenvalue weighted by atomic mass is 10.1. The van der Waals surface area contributed by atoms with Gasteiger partial charge in [-0.1, -0.05) is 12.1 Å². The molecule has 3 aromatic rings. The number of amides is 1. The predicted molar refractivity (Wildman–Crippen MR) is 133 cm³/mol. The largest absolute Gasteiger partial charge is 0.493 e. The Morgan fingerprint density at radius 1 is 0.949 bits per heavy atom. The molecule has 0 aliphatic carbocycles. The van der Waals surface area contributed by atoms with E-state index in [4.69, 9.17) is 9.11 Å². The third-order valence-corrected chi connectivity index (χ3v) is 7.14. The topological polar surface area (TPSA) is 253 Å². The number of aromatic hydroxyl groups is 1. The first kappa shape index (κ1) is 29.1. The van der Waals surface area contributed by atoms with Crippen molar-refractivity contribution in [1.82, 2.24) is 10.3 Å². The van der Waals surface area contributed by atoms with Gasteiger partial charge in [-0.2, -0.15) is 16.8 Å². The Hall–Kier alpha value is -4.45. The van der Waals surface area contributed by atoms with Crippen molar-refractivity contribution >= 4 is 43.5 Å². The van der Waals surface area contributed by atoms with Gasteiger partial charge in [0.15, 0.2) is 0 Å². The van der Waals surface area contributed by atoms with E-state index >= 15 is 0 Å². The van der Waals surface area contributed by atoms with Crippen LogP contribution in [0, 0.1) is 6.92 Å². The maximum atomic E-state index is 12.9. The minimum atomic E-state index is -4.71. The summed E-state index contributed by atoms with van der Waals surface area (Å²) < 4.78 is 63.3. The first-order valence-electron chi connectivity index (χ1n) is 10.6. The van der Waals surface area contributed by atoms with Gasteiger partial charge in [0.1, 0.15) is 16.9 Å². The fourth-order valence-corrected chi connectivity index (χ4v) is 4.40. The Kier molecular flexibility index (Phi) is 8.01. The van der Waals surface area contributed by atoms with Crippen molar-refractivity contribution in [1.29, 1.82) is 0 Å². The SMILES string of the molecule is Cc1c(/N=N/c2ccc(S(=O)(=O)O)cc2C(=O)O)c(O)[nH]c(=O)c1C(=O)NC(C)c1ccc(S(=O)(=O)O)cc1. The lowest BCUT2D eigenvalue weighted by Gasteiger charge is -2.16. The number of carboxylic acids is 1. The highest BCUT2D eigenvalue weighted by molar-refractivity contribution is 7.86. The highest BCUT2D eigenvalue weighted by Crippen LogP contribution is 2.32. The van der Waals surface area contributed by atoms with E-state index in [1.54, 1.807) is 0 Å². The number of rotatable bonds is 8. The minimum absolute atomic E-state index is 0.141. The van der Waals surface area contributed by atoms with E-state index in [0.29, 0.717) is 11.6 Å². The number of benzene rings is 2. The molecule has 1 unspecified atom stereocenters. The van der Waals surface area contributed by atoms with Crippen LogP contribution in [-0.2, 0) is 20.2 Å². The lowest BCUT2D eigenvalue weighted by Crippen LogP contribution is -2.32. The molecule has 0 fully saturated rings. The maximum Gasteiger partial charge on any atom is 0.338 e. The third kappa shape index (κ3) is 6.52. The second-order valence-electron chi connectivity index (χ2n) is 8.05. The summed E-state index contributed by atoms with van der Waals surface area (Å²) in [5.74, 6) is -3.30. The zero-order valence-electron chi connectivity index (χ0n) is 20.0. The highest BCUT2D eigenvalue weighted by Gasteiger charge is 2.23. The summed E-state index contributed by atoms with van der Waals surface area (Å²) in [5.41, 5.74) is -2.59.